The van der Waals surface area contributed by atoms with E-state index in [1.165, 1.54) is 25.7 Å². The average molecular weight is 162 g/mol. The van der Waals surface area contributed by atoms with Crippen LogP contribution >= 0.6 is 0 Å². The monoisotopic (exact) mass is 162 g/mol. The first-order valence-corrected chi connectivity index (χ1v) is 4.73. The van der Waals surface area contributed by atoms with E-state index in [2.05, 4.69) is 18.6 Å². The molecule has 0 saturated heterocycles. The first-order chi connectivity index (χ1) is 5.33. The van der Waals surface area contributed by atoms with Crippen molar-refractivity contribution >= 4 is 0 Å². The zero-order chi connectivity index (χ0) is 9.54. The number of hydrogen-bond donors (Lipinski definition) is 0. The highest BCUT2D eigenvalue weighted by Gasteiger charge is 1.75. The molecule has 0 bridgehead atoms. The van der Waals surface area contributed by atoms with Crippen LogP contribution in [0.15, 0.2) is 0 Å². The number of ether oxygens (including phenoxy) is 1. The first kappa shape index (κ1) is 17.2. The molecule has 0 rings (SSSR count). The second kappa shape index (κ2) is 32.5. The van der Waals surface area contributed by atoms with Gasteiger partial charge in [-0.2, -0.15) is 0 Å². The highest BCUT2D eigenvalue weighted by atomic mass is 16.4. The van der Waals surface area contributed by atoms with Gasteiger partial charge in [0, 0.05) is 14.2 Å². The Balaban J connectivity index is -0.000000109. The fourth-order valence-electron chi connectivity index (χ4n) is 0.500. The van der Waals surface area contributed by atoms with Crippen LogP contribution in [0.4, 0.5) is 0 Å². The van der Waals surface area contributed by atoms with Crippen molar-refractivity contribution in [2.45, 2.75) is 53.4 Å². The summed E-state index contributed by atoms with van der Waals surface area (Å²) in [5, 5.41) is 0. The van der Waals surface area contributed by atoms with Gasteiger partial charge in [-0.3, -0.25) is 0 Å². The van der Waals surface area contributed by atoms with Crippen LogP contribution in [0, 0.1) is 0 Å². The lowest BCUT2D eigenvalue weighted by Crippen LogP contribution is -1.66. The number of methoxy groups -OCH3 is 1. The SMILES string of the molecule is CC.CCCCCC.COC. The Morgan fingerprint density at radius 3 is 1.09 bits per heavy atom. The fraction of sp³-hybridized carbons (Fsp3) is 1.00. The van der Waals surface area contributed by atoms with E-state index in [4.69, 9.17) is 0 Å². The van der Waals surface area contributed by atoms with Crippen LogP contribution in [0.25, 0.3) is 0 Å². The maximum atomic E-state index is 4.25. The molecular formula is C10H26O. The van der Waals surface area contributed by atoms with Crippen molar-refractivity contribution in [2.24, 2.45) is 0 Å². The van der Waals surface area contributed by atoms with Crippen molar-refractivity contribution in [1.82, 2.24) is 0 Å². The summed E-state index contributed by atoms with van der Waals surface area (Å²) in [7, 11) is 3.25. The zero-order valence-electron chi connectivity index (χ0n) is 9.24. The van der Waals surface area contributed by atoms with Gasteiger partial charge in [0.2, 0.25) is 0 Å². The Hall–Kier alpha value is -0.0400. The summed E-state index contributed by atoms with van der Waals surface area (Å²) in [4.78, 5) is 0. The van der Waals surface area contributed by atoms with E-state index in [9.17, 15) is 0 Å². The second-order valence-electron chi connectivity index (χ2n) is 2.12. The molecule has 0 radical (unpaired) electrons. The molecule has 0 aliphatic heterocycles. The van der Waals surface area contributed by atoms with Gasteiger partial charge in [-0.15, -0.1) is 0 Å². The summed E-state index contributed by atoms with van der Waals surface area (Å²) < 4.78 is 4.25. The Kier molecular flexibility index (Phi) is 50.7. The fourth-order valence-corrected chi connectivity index (χ4v) is 0.500. The summed E-state index contributed by atoms with van der Waals surface area (Å²) in [5.74, 6) is 0. The van der Waals surface area contributed by atoms with Gasteiger partial charge in [-0.25, -0.2) is 0 Å². The molecule has 0 aliphatic carbocycles. The summed E-state index contributed by atoms with van der Waals surface area (Å²) in [6.45, 7) is 8.46. The lowest BCUT2D eigenvalue weighted by molar-refractivity contribution is 0.277. The summed E-state index contributed by atoms with van der Waals surface area (Å²) >= 11 is 0. The summed E-state index contributed by atoms with van der Waals surface area (Å²) in [6.07, 6.45) is 5.54. The molecule has 72 valence electrons. The first-order valence-electron chi connectivity index (χ1n) is 4.73. The van der Waals surface area contributed by atoms with E-state index < -0.39 is 0 Å². The molecule has 0 amide bonds. The molecule has 0 aromatic carbocycles. The van der Waals surface area contributed by atoms with Crippen LogP contribution in [0.5, 0.6) is 0 Å². The van der Waals surface area contributed by atoms with E-state index in [1.807, 2.05) is 13.8 Å². The van der Waals surface area contributed by atoms with Crippen LogP contribution in [-0.2, 0) is 4.74 Å². The van der Waals surface area contributed by atoms with Gasteiger partial charge >= 0.3 is 0 Å². The minimum absolute atomic E-state index is 1.36. The highest BCUT2D eigenvalue weighted by Crippen LogP contribution is 1.95. The van der Waals surface area contributed by atoms with Gasteiger partial charge in [0.25, 0.3) is 0 Å². The molecule has 0 aliphatic rings. The van der Waals surface area contributed by atoms with Crippen LogP contribution < -0.4 is 0 Å². The van der Waals surface area contributed by atoms with Gasteiger partial charge in [0.1, 0.15) is 0 Å². The Morgan fingerprint density at radius 2 is 1.00 bits per heavy atom. The average Bonchev–Trinajstić information content (AvgIpc) is 2.06. The molecule has 0 unspecified atom stereocenters. The van der Waals surface area contributed by atoms with Crippen molar-refractivity contribution in [2.75, 3.05) is 14.2 Å². The van der Waals surface area contributed by atoms with Crippen molar-refractivity contribution in [3.05, 3.63) is 0 Å². The van der Waals surface area contributed by atoms with Crippen molar-refractivity contribution in [1.29, 1.82) is 0 Å². The molecule has 0 fully saturated rings. The van der Waals surface area contributed by atoms with E-state index in [0.29, 0.717) is 0 Å². The third kappa shape index (κ3) is 72.0. The van der Waals surface area contributed by atoms with Gasteiger partial charge in [0.15, 0.2) is 0 Å². The summed E-state index contributed by atoms with van der Waals surface area (Å²) in [6, 6.07) is 0. The maximum Gasteiger partial charge on any atom is 0.0351 e. The third-order valence-corrected chi connectivity index (χ3v) is 0.957. The van der Waals surface area contributed by atoms with Crippen molar-refractivity contribution < 1.29 is 4.74 Å². The standard InChI is InChI=1S/C6H14.C2H6O.C2H6/c1-3-5-6-4-2;1-3-2;1-2/h3-6H2,1-2H3;1-2H3;1-2H3. The van der Waals surface area contributed by atoms with Gasteiger partial charge in [-0.1, -0.05) is 53.4 Å². The topological polar surface area (TPSA) is 9.23 Å². The number of unbranched alkanes of at least 4 members (excludes halogenated alkanes) is 3. The Morgan fingerprint density at radius 1 is 0.818 bits per heavy atom. The second-order valence-corrected chi connectivity index (χ2v) is 2.12. The predicted molar refractivity (Wildman–Crippen MR) is 54.1 cm³/mol. The van der Waals surface area contributed by atoms with E-state index in [1.54, 1.807) is 14.2 Å². The molecule has 0 aromatic rings. The molecule has 1 heteroatoms. The lowest BCUT2D eigenvalue weighted by atomic mass is 10.2. The molecule has 0 aromatic heterocycles. The maximum absolute atomic E-state index is 4.25. The van der Waals surface area contributed by atoms with Gasteiger partial charge < -0.3 is 4.74 Å². The van der Waals surface area contributed by atoms with E-state index >= 15 is 0 Å². The van der Waals surface area contributed by atoms with E-state index in [0.717, 1.165) is 0 Å². The highest BCUT2D eigenvalue weighted by molar-refractivity contribution is 4.31. The van der Waals surface area contributed by atoms with Gasteiger partial charge in [-0.05, 0) is 0 Å². The van der Waals surface area contributed by atoms with Crippen LogP contribution in [0.1, 0.15) is 53.4 Å². The molecular weight excluding hydrogens is 136 g/mol. The minimum Gasteiger partial charge on any atom is -0.388 e. The summed E-state index contributed by atoms with van der Waals surface area (Å²) in [5.41, 5.74) is 0. The zero-order valence-corrected chi connectivity index (χ0v) is 9.24. The number of hydrogen-bond acceptors (Lipinski definition) is 1. The molecule has 0 saturated carbocycles. The molecule has 0 atom stereocenters. The van der Waals surface area contributed by atoms with Crippen molar-refractivity contribution in [3.8, 4) is 0 Å². The quantitative estimate of drug-likeness (QED) is 0.572. The molecule has 11 heavy (non-hydrogen) atoms. The minimum atomic E-state index is 1.36. The lowest BCUT2D eigenvalue weighted by Gasteiger charge is -1.86. The smallest absolute Gasteiger partial charge is 0.0351 e. The largest absolute Gasteiger partial charge is 0.388 e. The van der Waals surface area contributed by atoms with Crippen LogP contribution in [0.2, 0.25) is 0 Å². The van der Waals surface area contributed by atoms with Crippen molar-refractivity contribution in [3.63, 3.8) is 0 Å². The Labute approximate surface area is 73.1 Å². The molecule has 0 N–H and O–H groups in total. The predicted octanol–water partition coefficient (Wildman–Crippen LogP) is 3.88. The van der Waals surface area contributed by atoms with Gasteiger partial charge in [0.05, 0.1) is 0 Å². The normalized spacial score (nSPS) is 7.09. The molecule has 0 heterocycles. The van der Waals surface area contributed by atoms with Crippen LogP contribution in [-0.4, -0.2) is 14.2 Å². The van der Waals surface area contributed by atoms with E-state index in [-0.39, 0.29) is 0 Å². The third-order valence-electron chi connectivity index (χ3n) is 0.957. The van der Waals surface area contributed by atoms with Crippen LogP contribution in [0.3, 0.4) is 0 Å². The molecule has 0 spiro atoms. The Bertz CT molecular complexity index is 24.1. The number of rotatable bonds is 3. The molecule has 1 nitrogen and oxygen atoms in total.